The number of fused-ring (bicyclic) bond motifs is 3. The van der Waals surface area contributed by atoms with Gasteiger partial charge in [-0.15, -0.1) is 0 Å². The van der Waals surface area contributed by atoms with E-state index in [4.69, 9.17) is 14.2 Å². The van der Waals surface area contributed by atoms with Gasteiger partial charge in [0.25, 0.3) is 11.8 Å². The Morgan fingerprint density at radius 3 is 2.42 bits per heavy atom. The van der Waals surface area contributed by atoms with Gasteiger partial charge in [0.05, 0.1) is 18.3 Å². The van der Waals surface area contributed by atoms with E-state index < -0.39 is 22.9 Å². The highest BCUT2D eigenvalue weighted by Gasteiger charge is 2.49. The molecular weight excluding hydrogens is 496 g/mol. The van der Waals surface area contributed by atoms with Crippen LogP contribution < -0.4 is 19.7 Å². The van der Waals surface area contributed by atoms with Crippen molar-refractivity contribution >= 4 is 11.9 Å². The van der Waals surface area contributed by atoms with Crippen LogP contribution in [0.2, 0.25) is 0 Å². The maximum atomic E-state index is 15.8. The van der Waals surface area contributed by atoms with Crippen molar-refractivity contribution in [3.05, 3.63) is 36.3 Å². The van der Waals surface area contributed by atoms with Crippen molar-refractivity contribution in [3.8, 4) is 17.4 Å². The fraction of sp³-hybridized carbons (Fsp3) is 0.593. The molecule has 4 fully saturated rings. The van der Waals surface area contributed by atoms with Crippen LogP contribution in [-0.2, 0) is 9.53 Å². The Labute approximate surface area is 221 Å². The second-order valence-electron chi connectivity index (χ2n) is 10.6. The van der Waals surface area contributed by atoms with Crippen LogP contribution in [0.25, 0.3) is 0 Å². The summed E-state index contributed by atoms with van der Waals surface area (Å²) < 4.78 is 46.3. The average Bonchev–Trinajstić information content (AvgIpc) is 2.92. The second kappa shape index (κ2) is 11.0. The smallest absolute Gasteiger partial charge is 0.260 e. The van der Waals surface area contributed by atoms with Crippen LogP contribution in [0.15, 0.2) is 30.5 Å². The van der Waals surface area contributed by atoms with Crippen molar-refractivity contribution in [1.29, 1.82) is 0 Å². The summed E-state index contributed by atoms with van der Waals surface area (Å²) in [5.74, 6) is 0.148. The van der Waals surface area contributed by atoms with E-state index in [2.05, 4.69) is 20.2 Å². The minimum Gasteiger partial charge on any atom is -0.491 e. The first-order valence-electron chi connectivity index (χ1n) is 13.2. The summed E-state index contributed by atoms with van der Waals surface area (Å²) in [6, 6.07) is 6.71. The Hall–Kier alpha value is -3.05. The first kappa shape index (κ1) is 26.6. The minimum atomic E-state index is -1.96. The largest absolute Gasteiger partial charge is 0.491 e. The zero-order valence-electron chi connectivity index (χ0n) is 21.9. The molecule has 206 valence electrons. The molecule has 0 aliphatic carbocycles. The molecule has 0 radical (unpaired) electrons. The van der Waals surface area contributed by atoms with Crippen molar-refractivity contribution in [2.24, 2.45) is 5.92 Å². The fourth-order valence-corrected chi connectivity index (χ4v) is 5.65. The monoisotopic (exact) mass is 531 g/mol. The molecule has 1 aromatic carbocycles. The number of piperidine rings is 4. The minimum absolute atomic E-state index is 0.00472. The van der Waals surface area contributed by atoms with Gasteiger partial charge in [0, 0.05) is 39.6 Å². The number of benzene rings is 1. The predicted octanol–water partition coefficient (Wildman–Crippen LogP) is 3.34. The van der Waals surface area contributed by atoms with Gasteiger partial charge in [-0.25, -0.2) is 9.37 Å². The number of alkyl halides is 1. The van der Waals surface area contributed by atoms with Crippen molar-refractivity contribution in [1.82, 2.24) is 20.2 Å². The molecule has 4 saturated heterocycles. The Kier molecular flexibility index (Phi) is 7.67. The number of nitrogens with zero attached hydrogens (tertiary/aromatic N) is 4. The van der Waals surface area contributed by atoms with Gasteiger partial charge in [-0.1, -0.05) is 0 Å². The van der Waals surface area contributed by atoms with E-state index in [0.717, 1.165) is 38.7 Å². The molecular formula is C27H35F2N5O4. The highest BCUT2D eigenvalue weighted by molar-refractivity contribution is 5.86. The summed E-state index contributed by atoms with van der Waals surface area (Å²) >= 11 is 0. The number of nitrogens with one attached hydrogen (secondary N) is 1. The predicted molar refractivity (Wildman–Crippen MR) is 137 cm³/mol. The Morgan fingerprint density at radius 1 is 1.11 bits per heavy atom. The third-order valence-electron chi connectivity index (χ3n) is 7.98. The molecule has 11 heteroatoms. The van der Waals surface area contributed by atoms with Crippen LogP contribution >= 0.6 is 0 Å². The van der Waals surface area contributed by atoms with Gasteiger partial charge in [-0.3, -0.25) is 4.79 Å². The van der Waals surface area contributed by atoms with Gasteiger partial charge >= 0.3 is 0 Å². The van der Waals surface area contributed by atoms with E-state index in [1.807, 2.05) is 6.92 Å². The lowest BCUT2D eigenvalue weighted by atomic mass is 9.73. The van der Waals surface area contributed by atoms with Gasteiger partial charge < -0.3 is 29.3 Å². The lowest BCUT2D eigenvalue weighted by Gasteiger charge is -2.52. The summed E-state index contributed by atoms with van der Waals surface area (Å²) in [6.45, 7) is 6.24. The Morgan fingerprint density at radius 2 is 1.79 bits per heavy atom. The second-order valence-corrected chi connectivity index (χ2v) is 10.6. The van der Waals surface area contributed by atoms with Crippen molar-refractivity contribution < 1.29 is 27.8 Å². The van der Waals surface area contributed by atoms with Crippen LogP contribution in [0, 0.1) is 11.7 Å². The summed E-state index contributed by atoms with van der Waals surface area (Å²) in [5, 5.41) is 3.06. The standard InChI is InChI=1S/C27H35F2N5O4/c1-26(18-33-11-7-19(26)8-12-33)32-24(35)27(29)9-13-34(14-10-27)25-30-17-22(28)23(31-25)38-21-5-3-20(4-6-21)37-16-15-36-2/h3-6,17,19H,7-16,18H2,1-2H3,(H,32,35). The van der Waals surface area contributed by atoms with Gasteiger partial charge in [-0.05, 0) is 63.0 Å². The van der Waals surface area contributed by atoms with Crippen LogP contribution in [0.5, 0.6) is 17.4 Å². The number of methoxy groups -OCH3 is 1. The topological polar surface area (TPSA) is 89.0 Å². The molecule has 5 heterocycles. The van der Waals surface area contributed by atoms with E-state index in [9.17, 15) is 9.18 Å². The summed E-state index contributed by atoms with van der Waals surface area (Å²) in [4.78, 5) is 25.5. The highest BCUT2D eigenvalue weighted by atomic mass is 19.1. The molecule has 0 spiro atoms. The summed E-state index contributed by atoms with van der Waals surface area (Å²) in [7, 11) is 1.60. The van der Waals surface area contributed by atoms with E-state index >= 15 is 4.39 Å². The van der Waals surface area contributed by atoms with Crippen LogP contribution in [0.4, 0.5) is 14.7 Å². The zero-order valence-corrected chi connectivity index (χ0v) is 21.9. The number of hydrogen-bond donors (Lipinski definition) is 1. The van der Waals surface area contributed by atoms with Gasteiger partial charge in [0.2, 0.25) is 11.8 Å². The molecule has 1 N–H and O–H groups in total. The number of carbonyl (C=O) groups excluding carboxylic acids is 1. The van der Waals surface area contributed by atoms with Gasteiger partial charge in [-0.2, -0.15) is 9.37 Å². The molecule has 1 aromatic heterocycles. The SMILES string of the molecule is COCCOc1ccc(Oc2nc(N3CCC(F)(C(=O)NC4(C)CN5CCC4CC5)CC3)ncc2F)cc1. The molecule has 4 aliphatic heterocycles. The third-order valence-corrected chi connectivity index (χ3v) is 7.98. The lowest BCUT2D eigenvalue weighted by Crippen LogP contribution is -2.68. The zero-order chi connectivity index (χ0) is 26.8. The Bertz CT molecular complexity index is 1120. The van der Waals surface area contributed by atoms with Gasteiger partial charge in [0.15, 0.2) is 5.67 Å². The number of hydrogen-bond acceptors (Lipinski definition) is 8. The van der Waals surface area contributed by atoms with E-state index in [1.165, 1.54) is 0 Å². The number of carbonyl (C=O) groups is 1. The molecule has 1 atom stereocenters. The number of aromatic nitrogens is 2. The number of ether oxygens (including phenoxy) is 3. The summed E-state index contributed by atoms with van der Waals surface area (Å²) in [5.41, 5.74) is -2.36. The van der Waals surface area contributed by atoms with Crippen molar-refractivity contribution in [2.45, 2.75) is 43.8 Å². The lowest BCUT2D eigenvalue weighted by molar-refractivity contribution is -0.139. The molecule has 6 rings (SSSR count). The quantitative estimate of drug-likeness (QED) is 0.493. The number of anilines is 1. The maximum absolute atomic E-state index is 15.8. The summed E-state index contributed by atoms with van der Waals surface area (Å²) in [6.07, 6.45) is 3.11. The molecule has 1 unspecified atom stereocenters. The van der Waals surface area contributed by atoms with Crippen LogP contribution in [0.1, 0.15) is 32.6 Å². The first-order chi connectivity index (χ1) is 18.3. The molecule has 9 nitrogen and oxygen atoms in total. The van der Waals surface area contributed by atoms with E-state index in [1.54, 1.807) is 36.3 Å². The van der Waals surface area contributed by atoms with Crippen molar-refractivity contribution in [3.63, 3.8) is 0 Å². The van der Waals surface area contributed by atoms with Gasteiger partial charge in [0.1, 0.15) is 18.1 Å². The number of amides is 1. The van der Waals surface area contributed by atoms with Crippen LogP contribution in [-0.4, -0.2) is 85.0 Å². The molecule has 38 heavy (non-hydrogen) atoms. The third kappa shape index (κ3) is 5.68. The molecule has 2 aromatic rings. The molecule has 2 bridgehead atoms. The van der Waals surface area contributed by atoms with Crippen LogP contribution in [0.3, 0.4) is 0 Å². The highest BCUT2D eigenvalue weighted by Crippen LogP contribution is 2.37. The van der Waals surface area contributed by atoms with Crippen molar-refractivity contribution in [2.75, 3.05) is 57.9 Å². The maximum Gasteiger partial charge on any atom is 0.260 e. The molecule has 1 amide bonds. The number of halogens is 2. The average molecular weight is 532 g/mol. The van der Waals surface area contributed by atoms with E-state index in [0.29, 0.717) is 30.6 Å². The first-order valence-corrected chi connectivity index (χ1v) is 13.2. The molecule has 0 saturated carbocycles. The normalized spacial score (nSPS) is 26.2. The van der Waals surface area contributed by atoms with E-state index in [-0.39, 0.29) is 37.8 Å². The number of rotatable bonds is 9. The fourth-order valence-electron chi connectivity index (χ4n) is 5.65. The molecule has 4 aliphatic rings. The Balaban J connectivity index is 1.18.